The highest BCUT2D eigenvalue weighted by atomic mass is 32.2. The SMILES string of the molecule is CCCn1c(CN)nnc1SC1CC1c1ccccc1. The molecule has 0 saturated heterocycles. The van der Waals surface area contributed by atoms with Crippen molar-refractivity contribution in [1.82, 2.24) is 14.8 Å². The zero-order chi connectivity index (χ0) is 13.9. The highest BCUT2D eigenvalue weighted by molar-refractivity contribution is 8.00. The minimum Gasteiger partial charge on any atom is -0.324 e. The summed E-state index contributed by atoms with van der Waals surface area (Å²) in [4.78, 5) is 0. The van der Waals surface area contributed by atoms with Gasteiger partial charge in [0.1, 0.15) is 5.82 Å². The number of nitrogens with zero attached hydrogens (tertiary/aromatic N) is 3. The Balaban J connectivity index is 1.69. The van der Waals surface area contributed by atoms with Crippen LogP contribution in [0.4, 0.5) is 0 Å². The predicted octanol–water partition coefficient (Wildman–Crippen LogP) is 2.80. The largest absolute Gasteiger partial charge is 0.324 e. The van der Waals surface area contributed by atoms with E-state index in [1.165, 1.54) is 12.0 Å². The third-order valence-corrected chi connectivity index (χ3v) is 4.98. The van der Waals surface area contributed by atoms with Gasteiger partial charge in [0.05, 0.1) is 6.54 Å². The van der Waals surface area contributed by atoms with Crippen molar-refractivity contribution in [3.63, 3.8) is 0 Å². The van der Waals surface area contributed by atoms with Crippen LogP contribution in [0.25, 0.3) is 0 Å². The van der Waals surface area contributed by atoms with Crippen molar-refractivity contribution in [3.05, 3.63) is 41.7 Å². The summed E-state index contributed by atoms with van der Waals surface area (Å²) in [5.74, 6) is 1.56. The molecule has 0 spiro atoms. The molecule has 4 nitrogen and oxygen atoms in total. The van der Waals surface area contributed by atoms with Crippen molar-refractivity contribution < 1.29 is 0 Å². The van der Waals surface area contributed by atoms with E-state index in [-0.39, 0.29) is 0 Å². The van der Waals surface area contributed by atoms with Gasteiger partial charge >= 0.3 is 0 Å². The van der Waals surface area contributed by atoms with Crippen LogP contribution in [0.15, 0.2) is 35.5 Å². The van der Waals surface area contributed by atoms with Gasteiger partial charge in [-0.25, -0.2) is 0 Å². The van der Waals surface area contributed by atoms with E-state index in [0.29, 0.717) is 17.7 Å². The molecule has 1 aromatic heterocycles. The number of hydrogen-bond donors (Lipinski definition) is 1. The van der Waals surface area contributed by atoms with Crippen molar-refractivity contribution in [2.45, 2.75) is 49.2 Å². The zero-order valence-corrected chi connectivity index (χ0v) is 12.5. The first-order chi connectivity index (χ1) is 9.83. The minimum absolute atomic E-state index is 0.459. The van der Waals surface area contributed by atoms with Gasteiger partial charge in [0.2, 0.25) is 0 Å². The van der Waals surface area contributed by atoms with Crippen LogP contribution in [-0.4, -0.2) is 20.0 Å². The lowest BCUT2D eigenvalue weighted by Gasteiger charge is -2.07. The van der Waals surface area contributed by atoms with Crippen LogP contribution in [-0.2, 0) is 13.1 Å². The summed E-state index contributed by atoms with van der Waals surface area (Å²) in [7, 11) is 0. The van der Waals surface area contributed by atoms with Gasteiger partial charge in [-0.1, -0.05) is 49.0 Å². The van der Waals surface area contributed by atoms with Crippen LogP contribution < -0.4 is 5.73 Å². The summed E-state index contributed by atoms with van der Waals surface area (Å²) in [6.45, 7) is 3.57. The van der Waals surface area contributed by atoms with E-state index in [9.17, 15) is 0 Å². The monoisotopic (exact) mass is 288 g/mol. The van der Waals surface area contributed by atoms with Gasteiger partial charge < -0.3 is 10.3 Å². The Bertz CT molecular complexity index is 567. The Morgan fingerprint density at radius 2 is 2.10 bits per heavy atom. The van der Waals surface area contributed by atoms with Gasteiger partial charge in [0.25, 0.3) is 0 Å². The first-order valence-electron chi connectivity index (χ1n) is 7.17. The van der Waals surface area contributed by atoms with Crippen molar-refractivity contribution in [1.29, 1.82) is 0 Å². The molecule has 0 bridgehead atoms. The molecule has 0 aliphatic heterocycles. The fourth-order valence-electron chi connectivity index (χ4n) is 2.49. The van der Waals surface area contributed by atoms with E-state index < -0.39 is 0 Å². The van der Waals surface area contributed by atoms with Crippen molar-refractivity contribution in [2.24, 2.45) is 5.73 Å². The quantitative estimate of drug-likeness (QED) is 0.888. The van der Waals surface area contributed by atoms with Crippen LogP contribution in [0, 0.1) is 0 Å². The topological polar surface area (TPSA) is 56.7 Å². The number of rotatable bonds is 6. The molecule has 1 fully saturated rings. The van der Waals surface area contributed by atoms with Gasteiger partial charge in [-0.3, -0.25) is 0 Å². The average molecular weight is 288 g/mol. The molecule has 106 valence electrons. The maximum atomic E-state index is 5.73. The van der Waals surface area contributed by atoms with Crippen LogP contribution in [0.1, 0.15) is 37.1 Å². The minimum atomic E-state index is 0.459. The lowest BCUT2D eigenvalue weighted by atomic mass is 10.1. The summed E-state index contributed by atoms with van der Waals surface area (Å²) in [5.41, 5.74) is 7.16. The van der Waals surface area contributed by atoms with E-state index in [1.54, 1.807) is 0 Å². The van der Waals surface area contributed by atoms with E-state index in [2.05, 4.69) is 52.0 Å². The molecular formula is C15H20N4S. The fraction of sp³-hybridized carbons (Fsp3) is 0.467. The van der Waals surface area contributed by atoms with E-state index in [4.69, 9.17) is 5.73 Å². The maximum Gasteiger partial charge on any atom is 0.191 e. The Morgan fingerprint density at radius 1 is 1.30 bits per heavy atom. The van der Waals surface area contributed by atoms with Crippen LogP contribution >= 0.6 is 11.8 Å². The average Bonchev–Trinajstić information content (AvgIpc) is 3.15. The second-order valence-corrected chi connectivity index (χ2v) is 6.37. The molecule has 2 unspecified atom stereocenters. The number of thioether (sulfide) groups is 1. The van der Waals surface area contributed by atoms with Crippen molar-refractivity contribution in [3.8, 4) is 0 Å². The molecule has 0 amide bonds. The third-order valence-electron chi connectivity index (χ3n) is 3.64. The zero-order valence-electron chi connectivity index (χ0n) is 11.7. The number of benzene rings is 1. The molecule has 3 rings (SSSR count). The first-order valence-corrected chi connectivity index (χ1v) is 8.05. The Morgan fingerprint density at radius 3 is 2.80 bits per heavy atom. The van der Waals surface area contributed by atoms with Gasteiger partial charge in [-0.05, 0) is 24.3 Å². The Kier molecular flexibility index (Phi) is 4.08. The molecule has 0 radical (unpaired) electrons. The standard InChI is InChI=1S/C15H20N4S/c1-2-8-19-14(10-16)17-18-15(19)20-13-9-12(13)11-6-4-3-5-7-11/h3-7,12-13H,2,8-10,16H2,1H3. The van der Waals surface area contributed by atoms with E-state index >= 15 is 0 Å². The van der Waals surface area contributed by atoms with Gasteiger partial charge in [0, 0.05) is 11.8 Å². The maximum absolute atomic E-state index is 5.73. The second kappa shape index (κ2) is 5.97. The van der Waals surface area contributed by atoms with E-state index in [0.717, 1.165) is 23.9 Å². The molecule has 1 aromatic carbocycles. The lowest BCUT2D eigenvalue weighted by Crippen LogP contribution is -2.09. The van der Waals surface area contributed by atoms with Gasteiger partial charge in [0.15, 0.2) is 5.16 Å². The normalized spacial score (nSPS) is 21.1. The smallest absolute Gasteiger partial charge is 0.191 e. The van der Waals surface area contributed by atoms with Gasteiger partial charge in [-0.15, -0.1) is 10.2 Å². The number of aromatic nitrogens is 3. The summed E-state index contributed by atoms with van der Waals surface area (Å²) in [5, 5.41) is 10.2. The number of hydrogen-bond acceptors (Lipinski definition) is 4. The lowest BCUT2D eigenvalue weighted by molar-refractivity contribution is 0.592. The molecule has 1 aliphatic carbocycles. The number of nitrogens with two attached hydrogens (primary N) is 1. The summed E-state index contributed by atoms with van der Waals surface area (Å²) >= 11 is 1.85. The molecule has 1 heterocycles. The van der Waals surface area contributed by atoms with Crippen LogP contribution in [0.3, 0.4) is 0 Å². The summed E-state index contributed by atoms with van der Waals surface area (Å²) in [6.07, 6.45) is 2.30. The van der Waals surface area contributed by atoms with Crippen LogP contribution in [0.5, 0.6) is 0 Å². The van der Waals surface area contributed by atoms with Crippen molar-refractivity contribution >= 4 is 11.8 Å². The molecule has 20 heavy (non-hydrogen) atoms. The molecule has 2 aromatic rings. The second-order valence-electron chi connectivity index (χ2n) is 5.16. The summed E-state index contributed by atoms with van der Waals surface area (Å²) in [6, 6.07) is 10.7. The van der Waals surface area contributed by atoms with Crippen molar-refractivity contribution in [2.75, 3.05) is 0 Å². The molecule has 2 atom stereocenters. The molecule has 1 aliphatic rings. The van der Waals surface area contributed by atoms with Gasteiger partial charge in [-0.2, -0.15) is 0 Å². The highest BCUT2D eigenvalue weighted by Crippen LogP contribution is 2.51. The third kappa shape index (κ3) is 2.74. The molecule has 2 N–H and O–H groups in total. The van der Waals surface area contributed by atoms with E-state index in [1.807, 2.05) is 11.8 Å². The first kappa shape index (κ1) is 13.6. The molecule has 1 saturated carbocycles. The fourth-order valence-corrected chi connectivity index (χ4v) is 3.80. The Hall–Kier alpha value is -1.33. The highest BCUT2D eigenvalue weighted by Gasteiger charge is 2.40. The molecular weight excluding hydrogens is 268 g/mol. The summed E-state index contributed by atoms with van der Waals surface area (Å²) < 4.78 is 2.17. The Labute approximate surface area is 123 Å². The predicted molar refractivity (Wildman–Crippen MR) is 81.6 cm³/mol. The molecule has 5 heteroatoms. The van der Waals surface area contributed by atoms with Crippen LogP contribution in [0.2, 0.25) is 0 Å².